The number of fused-ring (bicyclic) bond motifs is 1. The van der Waals surface area contributed by atoms with Crippen molar-refractivity contribution in [3.05, 3.63) is 0 Å². The van der Waals surface area contributed by atoms with Crippen LogP contribution in [0.4, 0.5) is 0 Å². The fraction of sp³-hybridized carbons (Fsp3) is 0.900. The fourth-order valence-electron chi connectivity index (χ4n) is 8.19. The molecule has 0 N–H and O–H groups in total. The van der Waals surface area contributed by atoms with E-state index < -0.39 is 22.7 Å². The molecule has 0 aromatic rings. The van der Waals surface area contributed by atoms with Crippen molar-refractivity contribution in [2.75, 3.05) is 6.61 Å². The molecule has 6 aliphatic rings. The molecule has 0 aromatic heterocycles. The van der Waals surface area contributed by atoms with Gasteiger partial charge in [0.05, 0.1) is 23.4 Å². The maximum Gasteiger partial charge on any atom is 0.340 e. The van der Waals surface area contributed by atoms with Crippen LogP contribution in [-0.2, 0) is 28.5 Å². The maximum atomic E-state index is 13.3. The van der Waals surface area contributed by atoms with Crippen LogP contribution < -0.4 is 0 Å². The van der Waals surface area contributed by atoms with Crippen LogP contribution in [0.5, 0.6) is 0 Å². The molecular formula is C20H26O6. The van der Waals surface area contributed by atoms with Crippen molar-refractivity contribution < 1.29 is 28.5 Å². The molecular weight excluding hydrogens is 336 g/mol. The summed E-state index contributed by atoms with van der Waals surface area (Å²) in [6.45, 7) is 9.40. The number of rotatable bonds is 0. The molecule has 0 amide bonds. The minimum absolute atomic E-state index is 0.00703. The Bertz CT molecular complexity index is 741. The lowest BCUT2D eigenvalue weighted by Crippen LogP contribution is -2.55. The summed E-state index contributed by atoms with van der Waals surface area (Å²) >= 11 is 0. The first-order valence-corrected chi connectivity index (χ1v) is 9.88. The van der Waals surface area contributed by atoms with Crippen molar-refractivity contribution in [2.24, 2.45) is 34.0 Å². The first kappa shape index (κ1) is 15.9. The van der Waals surface area contributed by atoms with E-state index >= 15 is 0 Å². The van der Waals surface area contributed by atoms with Crippen LogP contribution in [-0.4, -0.2) is 42.6 Å². The van der Waals surface area contributed by atoms with E-state index in [0.29, 0.717) is 13.0 Å². The molecule has 2 saturated carbocycles. The van der Waals surface area contributed by atoms with Crippen LogP contribution in [0.25, 0.3) is 0 Å². The summed E-state index contributed by atoms with van der Waals surface area (Å²) in [6.07, 6.45) is 1.00. The predicted octanol–water partition coefficient (Wildman–Crippen LogP) is 2.05. The SMILES string of the molecule is CC1COC2CC34C5C[C@@H](C(C)(C)C)C36CC(=O)OC6OC4(C(=O)O5)C12. The molecule has 9 atom stereocenters. The molecule has 6 rings (SSSR count). The minimum atomic E-state index is -1.01. The summed E-state index contributed by atoms with van der Waals surface area (Å²) < 4.78 is 24.4. The quantitative estimate of drug-likeness (QED) is 0.614. The molecule has 142 valence electrons. The van der Waals surface area contributed by atoms with E-state index in [-0.39, 0.29) is 47.3 Å². The van der Waals surface area contributed by atoms with Crippen LogP contribution in [0.15, 0.2) is 0 Å². The normalized spacial score (nSPS) is 59.1. The lowest BCUT2D eigenvalue weighted by Gasteiger charge is -2.44. The molecule has 6 nitrogen and oxygen atoms in total. The Kier molecular flexibility index (Phi) is 2.53. The lowest BCUT2D eigenvalue weighted by atomic mass is 9.53. The standard InChI is InChI=1S/C20H26O6/c1-9-8-23-10-6-19-12-5-11(17(2,3)4)18(19)7-13(21)25-16(18)26-20(19,14(9)10)15(22)24-12/h9-12,14,16H,5-8H2,1-4H3/t9?,10?,11-,12?,14?,16?,18?,19?,20?/m0/s1. The van der Waals surface area contributed by atoms with Crippen LogP contribution in [0.3, 0.4) is 0 Å². The Morgan fingerprint density at radius 1 is 1.15 bits per heavy atom. The second kappa shape index (κ2) is 4.14. The molecule has 6 fully saturated rings. The van der Waals surface area contributed by atoms with Gasteiger partial charge in [0.1, 0.15) is 6.10 Å². The largest absolute Gasteiger partial charge is 0.459 e. The molecule has 8 unspecified atom stereocenters. The van der Waals surface area contributed by atoms with Crippen molar-refractivity contribution >= 4 is 11.9 Å². The molecule has 6 heteroatoms. The second-order valence-electron chi connectivity index (χ2n) is 10.5. The Hall–Kier alpha value is -1.14. The summed E-state index contributed by atoms with van der Waals surface area (Å²) in [6, 6.07) is 0. The van der Waals surface area contributed by atoms with Gasteiger partial charge in [-0.25, -0.2) is 4.79 Å². The zero-order chi connectivity index (χ0) is 18.3. The average molecular weight is 362 g/mol. The molecule has 26 heavy (non-hydrogen) atoms. The van der Waals surface area contributed by atoms with Crippen molar-refractivity contribution in [3.8, 4) is 0 Å². The molecule has 0 radical (unpaired) electrons. The number of hydrogen-bond donors (Lipinski definition) is 0. The van der Waals surface area contributed by atoms with Crippen molar-refractivity contribution in [1.29, 1.82) is 0 Å². The van der Waals surface area contributed by atoms with Gasteiger partial charge in [0.25, 0.3) is 0 Å². The highest BCUT2D eigenvalue weighted by Crippen LogP contribution is 2.83. The van der Waals surface area contributed by atoms with E-state index in [1.807, 2.05) is 0 Å². The summed E-state index contributed by atoms with van der Waals surface area (Å²) in [4.78, 5) is 25.7. The van der Waals surface area contributed by atoms with Crippen LogP contribution >= 0.6 is 0 Å². The van der Waals surface area contributed by atoms with E-state index in [4.69, 9.17) is 18.9 Å². The van der Waals surface area contributed by atoms with Gasteiger partial charge in [-0.1, -0.05) is 27.7 Å². The number of carbonyl (C=O) groups excluding carboxylic acids is 2. The zero-order valence-electron chi connectivity index (χ0n) is 15.7. The molecule has 2 aliphatic carbocycles. The average Bonchev–Trinajstić information content (AvgIpc) is 3.25. The monoisotopic (exact) mass is 362 g/mol. The van der Waals surface area contributed by atoms with E-state index in [1.54, 1.807) is 0 Å². The summed E-state index contributed by atoms with van der Waals surface area (Å²) in [5.41, 5.74) is -2.05. The molecule has 2 spiro atoms. The maximum absolute atomic E-state index is 13.3. The van der Waals surface area contributed by atoms with Crippen molar-refractivity contribution in [3.63, 3.8) is 0 Å². The number of carbonyl (C=O) groups is 2. The Morgan fingerprint density at radius 2 is 1.92 bits per heavy atom. The van der Waals surface area contributed by atoms with Gasteiger partial charge in [-0.15, -0.1) is 0 Å². The first-order chi connectivity index (χ1) is 12.2. The third kappa shape index (κ3) is 1.27. The highest BCUT2D eigenvalue weighted by atomic mass is 16.7. The molecule has 4 heterocycles. The second-order valence-corrected chi connectivity index (χ2v) is 10.5. The van der Waals surface area contributed by atoms with E-state index in [9.17, 15) is 9.59 Å². The van der Waals surface area contributed by atoms with Gasteiger partial charge in [-0.2, -0.15) is 0 Å². The van der Waals surface area contributed by atoms with Gasteiger partial charge in [0, 0.05) is 12.5 Å². The highest BCUT2D eigenvalue weighted by Gasteiger charge is 2.95. The minimum Gasteiger partial charge on any atom is -0.459 e. The van der Waals surface area contributed by atoms with Gasteiger partial charge < -0.3 is 18.9 Å². The van der Waals surface area contributed by atoms with Gasteiger partial charge >= 0.3 is 11.9 Å². The number of hydrogen-bond acceptors (Lipinski definition) is 6. The fourth-order valence-corrected chi connectivity index (χ4v) is 8.19. The molecule has 0 aromatic carbocycles. The predicted molar refractivity (Wildman–Crippen MR) is 87.6 cm³/mol. The zero-order valence-corrected chi connectivity index (χ0v) is 15.7. The van der Waals surface area contributed by atoms with Gasteiger partial charge in [-0.3, -0.25) is 4.79 Å². The first-order valence-electron chi connectivity index (χ1n) is 9.88. The Morgan fingerprint density at radius 3 is 2.65 bits per heavy atom. The Balaban J connectivity index is 1.63. The van der Waals surface area contributed by atoms with E-state index in [2.05, 4.69) is 27.7 Å². The summed E-state index contributed by atoms with van der Waals surface area (Å²) in [7, 11) is 0. The van der Waals surface area contributed by atoms with Gasteiger partial charge in [-0.05, 0) is 30.1 Å². The smallest absolute Gasteiger partial charge is 0.340 e. The van der Waals surface area contributed by atoms with Crippen LogP contribution in [0, 0.1) is 34.0 Å². The Labute approximate surface area is 152 Å². The third-order valence-electron chi connectivity index (χ3n) is 8.68. The summed E-state index contributed by atoms with van der Waals surface area (Å²) in [5, 5.41) is 0. The van der Waals surface area contributed by atoms with Gasteiger partial charge in [0.2, 0.25) is 6.29 Å². The van der Waals surface area contributed by atoms with E-state index in [0.717, 1.165) is 12.8 Å². The number of esters is 2. The molecule has 0 bridgehead atoms. The van der Waals surface area contributed by atoms with Gasteiger partial charge in [0.15, 0.2) is 5.60 Å². The highest BCUT2D eigenvalue weighted by molar-refractivity contribution is 5.88. The number of ether oxygens (including phenoxy) is 4. The third-order valence-corrected chi connectivity index (χ3v) is 8.68. The molecule has 4 saturated heterocycles. The summed E-state index contributed by atoms with van der Waals surface area (Å²) in [5.74, 6) is -0.0471. The van der Waals surface area contributed by atoms with Crippen molar-refractivity contribution in [2.45, 2.75) is 71.1 Å². The van der Waals surface area contributed by atoms with Crippen LogP contribution in [0.2, 0.25) is 0 Å². The molecule has 4 aliphatic heterocycles. The lowest BCUT2D eigenvalue weighted by molar-refractivity contribution is -0.206. The van der Waals surface area contributed by atoms with Crippen LogP contribution in [0.1, 0.15) is 47.0 Å². The topological polar surface area (TPSA) is 71.1 Å². The van der Waals surface area contributed by atoms with Crippen molar-refractivity contribution in [1.82, 2.24) is 0 Å². The van der Waals surface area contributed by atoms with E-state index in [1.165, 1.54) is 0 Å².